The average molecular weight is 333 g/mol. The van der Waals surface area contributed by atoms with E-state index in [2.05, 4.69) is 38.3 Å². The Morgan fingerprint density at radius 1 is 0.957 bits per heavy atom. The van der Waals surface area contributed by atoms with E-state index in [0.717, 1.165) is 17.0 Å². The minimum Gasteiger partial charge on any atom is -0.449 e. The minimum absolute atomic E-state index is 0.121. The summed E-state index contributed by atoms with van der Waals surface area (Å²) >= 11 is 0. The van der Waals surface area contributed by atoms with E-state index in [1.165, 1.54) is 12.1 Å². The Kier molecular flexibility index (Phi) is 5.15. The van der Waals surface area contributed by atoms with Gasteiger partial charge in [0.2, 0.25) is 0 Å². The summed E-state index contributed by atoms with van der Waals surface area (Å²) in [6.45, 7) is 6.60. The van der Waals surface area contributed by atoms with Gasteiger partial charge in [0, 0.05) is 11.0 Å². The topological polar surface area (TPSA) is 21.6 Å². The number of halogens is 1. The molecule has 0 N–H and O–H groups in total. The zero-order chi connectivity index (χ0) is 17.1. The van der Waals surface area contributed by atoms with Crippen LogP contribution in [0, 0.1) is 5.82 Å². The van der Waals surface area contributed by atoms with E-state index < -0.39 is 10.3 Å². The summed E-state index contributed by atoms with van der Waals surface area (Å²) in [4.78, 5) is 4.33. The summed E-state index contributed by atoms with van der Waals surface area (Å²) in [6, 6.07) is 14.0. The lowest BCUT2D eigenvalue weighted by Gasteiger charge is -2.43. The molecule has 0 radical (unpaired) electrons. The lowest BCUT2D eigenvalue weighted by atomic mass is 10.2. The van der Waals surface area contributed by atoms with Crippen LogP contribution in [0.2, 0.25) is 0 Å². The maximum Gasteiger partial charge on any atom is 0.134 e. The first-order valence-electron chi connectivity index (χ1n) is 7.49. The Labute approximate surface area is 139 Å². The first kappa shape index (κ1) is 17.5. The van der Waals surface area contributed by atoms with Crippen LogP contribution >= 0.6 is 10.3 Å². The zero-order valence-electron chi connectivity index (χ0n) is 14.3. The first-order chi connectivity index (χ1) is 10.7. The lowest BCUT2D eigenvalue weighted by molar-refractivity contribution is 0.587. The molecule has 0 heterocycles. The second kappa shape index (κ2) is 6.75. The Hall–Kier alpha value is -1.81. The Balaban J connectivity index is 2.06. The highest BCUT2D eigenvalue weighted by Crippen LogP contribution is 2.53. The monoisotopic (exact) mass is 333 g/mol. The predicted molar refractivity (Wildman–Crippen MR) is 99.9 cm³/mol. The van der Waals surface area contributed by atoms with Crippen molar-refractivity contribution in [3.63, 3.8) is 0 Å². The molecule has 0 atom stereocenters. The highest BCUT2D eigenvalue weighted by Gasteiger charge is 2.29. The smallest absolute Gasteiger partial charge is 0.134 e. The van der Waals surface area contributed by atoms with Gasteiger partial charge in [-0.05, 0) is 87.4 Å². The molecule has 2 aromatic carbocycles. The zero-order valence-corrected chi connectivity index (χ0v) is 15.2. The third kappa shape index (κ3) is 4.83. The molecule has 124 valence electrons. The molecule has 0 unspecified atom stereocenters. The fourth-order valence-corrected chi connectivity index (χ4v) is 2.49. The molecular weight excluding hydrogens is 309 g/mol. The van der Waals surface area contributed by atoms with Crippen LogP contribution < -0.4 is 4.18 Å². The second-order valence-corrected chi connectivity index (χ2v) is 10.6. The number of hydrogen-bond donors (Lipinski definition) is 0. The van der Waals surface area contributed by atoms with E-state index in [0.29, 0.717) is 0 Å². The molecule has 0 saturated heterocycles. The van der Waals surface area contributed by atoms with Crippen LogP contribution in [0.5, 0.6) is 5.75 Å². The summed E-state index contributed by atoms with van der Waals surface area (Å²) in [5.41, 5.74) is 1.70. The molecule has 2 rings (SSSR count). The van der Waals surface area contributed by atoms with E-state index >= 15 is 0 Å². The molecule has 0 spiro atoms. The molecule has 0 aromatic heterocycles. The van der Waals surface area contributed by atoms with Crippen molar-refractivity contribution in [2.45, 2.75) is 25.5 Å². The van der Waals surface area contributed by atoms with E-state index in [1.54, 1.807) is 18.3 Å². The van der Waals surface area contributed by atoms with E-state index in [1.807, 2.05) is 24.3 Å². The predicted octanol–water partition coefficient (Wildman–Crippen LogP) is 5.73. The summed E-state index contributed by atoms with van der Waals surface area (Å²) in [7, 11) is -1.19. The standard InChI is InChI=1S/C19H24FNOS/c1-19(2,3)23(4,5)22-18-12-6-15(7-13-18)14-21-17-10-8-16(20)9-11-17/h6-14H,1-5H3. The molecule has 23 heavy (non-hydrogen) atoms. The number of nitrogens with zero attached hydrogens (tertiary/aromatic N) is 1. The van der Waals surface area contributed by atoms with Crippen molar-refractivity contribution in [3.05, 3.63) is 59.9 Å². The third-order valence-corrected chi connectivity index (χ3v) is 7.41. The van der Waals surface area contributed by atoms with Gasteiger partial charge in [-0.3, -0.25) is 4.99 Å². The highest BCUT2D eigenvalue weighted by atomic mass is 32.3. The van der Waals surface area contributed by atoms with Gasteiger partial charge in [0.1, 0.15) is 11.6 Å². The lowest BCUT2D eigenvalue weighted by Crippen LogP contribution is -2.27. The van der Waals surface area contributed by atoms with E-state index in [9.17, 15) is 4.39 Å². The average Bonchev–Trinajstić information content (AvgIpc) is 2.47. The van der Waals surface area contributed by atoms with Gasteiger partial charge in [0.25, 0.3) is 0 Å². The van der Waals surface area contributed by atoms with Gasteiger partial charge in [-0.2, -0.15) is 0 Å². The van der Waals surface area contributed by atoms with Gasteiger partial charge in [0.15, 0.2) is 0 Å². The van der Waals surface area contributed by atoms with Crippen molar-refractivity contribution < 1.29 is 8.57 Å². The van der Waals surface area contributed by atoms with Gasteiger partial charge in [-0.15, -0.1) is 0 Å². The van der Waals surface area contributed by atoms with Crippen molar-refractivity contribution in [3.8, 4) is 5.75 Å². The van der Waals surface area contributed by atoms with Crippen LogP contribution in [-0.2, 0) is 0 Å². The van der Waals surface area contributed by atoms with Crippen LogP contribution in [0.15, 0.2) is 53.5 Å². The van der Waals surface area contributed by atoms with Gasteiger partial charge in [-0.1, -0.05) is 10.3 Å². The van der Waals surface area contributed by atoms with Crippen LogP contribution in [-0.4, -0.2) is 23.5 Å². The number of rotatable bonds is 4. The maximum absolute atomic E-state index is 12.8. The number of hydrogen-bond acceptors (Lipinski definition) is 2. The van der Waals surface area contributed by atoms with Gasteiger partial charge in [-0.25, -0.2) is 4.39 Å². The van der Waals surface area contributed by atoms with Crippen LogP contribution in [0.3, 0.4) is 0 Å². The Bertz CT molecular complexity index is 670. The molecule has 4 heteroatoms. The van der Waals surface area contributed by atoms with Gasteiger partial charge < -0.3 is 4.18 Å². The third-order valence-electron chi connectivity index (χ3n) is 3.85. The summed E-state index contributed by atoms with van der Waals surface area (Å²) in [6.07, 6.45) is 6.12. The normalized spacial score (nSPS) is 13.3. The molecule has 0 aliphatic rings. The number of benzene rings is 2. The Morgan fingerprint density at radius 3 is 2.04 bits per heavy atom. The van der Waals surface area contributed by atoms with Crippen molar-refractivity contribution >= 4 is 22.2 Å². The van der Waals surface area contributed by atoms with Crippen molar-refractivity contribution in [1.29, 1.82) is 0 Å². The minimum atomic E-state index is -1.19. The molecule has 0 fully saturated rings. The van der Waals surface area contributed by atoms with Gasteiger partial charge in [0.05, 0.1) is 5.69 Å². The van der Waals surface area contributed by atoms with Crippen LogP contribution in [0.4, 0.5) is 10.1 Å². The molecular formula is C19H24FNOS. The number of aliphatic imine (C=N–C) groups is 1. The SMILES string of the molecule is CC(C)(C)S(C)(C)Oc1ccc(C=Nc2ccc(F)cc2)cc1. The van der Waals surface area contributed by atoms with E-state index in [-0.39, 0.29) is 10.6 Å². The van der Waals surface area contributed by atoms with Crippen LogP contribution in [0.25, 0.3) is 0 Å². The molecule has 0 amide bonds. The molecule has 0 bridgehead atoms. The highest BCUT2D eigenvalue weighted by molar-refractivity contribution is 8.30. The second-order valence-electron chi connectivity index (χ2n) is 6.73. The summed E-state index contributed by atoms with van der Waals surface area (Å²) in [5, 5.41) is 0. The molecule has 2 nitrogen and oxygen atoms in total. The van der Waals surface area contributed by atoms with Crippen molar-refractivity contribution in [2.75, 3.05) is 12.5 Å². The Morgan fingerprint density at radius 2 is 1.52 bits per heavy atom. The van der Waals surface area contributed by atoms with Gasteiger partial charge >= 0.3 is 0 Å². The largest absolute Gasteiger partial charge is 0.449 e. The summed E-state index contributed by atoms with van der Waals surface area (Å²) in [5.74, 6) is 0.619. The molecule has 0 aliphatic carbocycles. The quantitative estimate of drug-likeness (QED) is 0.654. The molecule has 0 aliphatic heterocycles. The molecule has 0 saturated carbocycles. The fraction of sp³-hybridized carbons (Fsp3) is 0.316. The fourth-order valence-electron chi connectivity index (χ4n) is 1.65. The van der Waals surface area contributed by atoms with Crippen molar-refractivity contribution in [2.24, 2.45) is 4.99 Å². The maximum atomic E-state index is 12.8. The van der Waals surface area contributed by atoms with Crippen molar-refractivity contribution in [1.82, 2.24) is 0 Å². The molecule has 2 aromatic rings. The summed E-state index contributed by atoms with van der Waals surface area (Å²) < 4.78 is 19.2. The van der Waals surface area contributed by atoms with E-state index in [4.69, 9.17) is 4.18 Å². The van der Waals surface area contributed by atoms with Crippen LogP contribution in [0.1, 0.15) is 26.3 Å². The first-order valence-corrected chi connectivity index (χ1v) is 9.87.